The van der Waals surface area contributed by atoms with Crippen LogP contribution in [0.2, 0.25) is 6.55 Å². The Balaban J connectivity index is 3.98. The molecule has 70 valence electrons. The van der Waals surface area contributed by atoms with Crippen molar-refractivity contribution in [2.75, 3.05) is 7.11 Å². The topological polar surface area (TPSA) is 35.5 Å². The molecule has 0 amide bonds. The first kappa shape index (κ1) is 11.4. The SMILES string of the molecule is C=CC(=O)OC(CC)[SiH](C)OC. The molecule has 0 aliphatic carbocycles. The predicted octanol–water partition coefficient (Wildman–Crippen LogP) is 1.03. The van der Waals surface area contributed by atoms with E-state index in [-0.39, 0.29) is 11.7 Å². The highest BCUT2D eigenvalue weighted by atomic mass is 28.3. The average molecular weight is 188 g/mol. The number of hydrogen-bond acceptors (Lipinski definition) is 3. The number of rotatable bonds is 5. The predicted molar refractivity (Wildman–Crippen MR) is 50.4 cm³/mol. The lowest BCUT2D eigenvalue weighted by Gasteiger charge is -2.19. The van der Waals surface area contributed by atoms with Crippen LogP contribution in [0.15, 0.2) is 12.7 Å². The normalized spacial score (nSPS) is 14.9. The molecule has 0 heterocycles. The highest BCUT2D eigenvalue weighted by Gasteiger charge is 2.19. The zero-order chi connectivity index (χ0) is 9.56. The van der Waals surface area contributed by atoms with E-state index in [1.165, 1.54) is 6.08 Å². The molecule has 0 bridgehead atoms. The third-order valence-electron chi connectivity index (χ3n) is 1.73. The lowest BCUT2D eigenvalue weighted by molar-refractivity contribution is -0.140. The fourth-order valence-corrected chi connectivity index (χ4v) is 2.15. The second-order valence-corrected chi connectivity index (χ2v) is 5.15. The third-order valence-corrected chi connectivity index (χ3v) is 4.13. The van der Waals surface area contributed by atoms with Gasteiger partial charge in [-0.3, -0.25) is 0 Å². The molecule has 0 radical (unpaired) electrons. The molecule has 2 atom stereocenters. The highest BCUT2D eigenvalue weighted by molar-refractivity contribution is 6.51. The van der Waals surface area contributed by atoms with Crippen molar-refractivity contribution in [2.45, 2.75) is 25.6 Å². The molecule has 0 spiro atoms. The summed E-state index contributed by atoms with van der Waals surface area (Å²) in [5.74, 6) is -0.363. The first-order valence-corrected chi connectivity index (χ1v) is 6.30. The maximum Gasteiger partial charge on any atom is 0.330 e. The Morgan fingerprint density at radius 1 is 1.75 bits per heavy atom. The van der Waals surface area contributed by atoms with E-state index in [1.807, 2.05) is 13.5 Å². The number of carbonyl (C=O) groups is 1. The van der Waals surface area contributed by atoms with Crippen LogP contribution in [0, 0.1) is 0 Å². The minimum absolute atomic E-state index is 0.0412. The van der Waals surface area contributed by atoms with E-state index in [9.17, 15) is 4.79 Å². The number of hydrogen-bond donors (Lipinski definition) is 0. The Kier molecular flexibility index (Phi) is 5.66. The van der Waals surface area contributed by atoms with Gasteiger partial charge in [0.25, 0.3) is 0 Å². The molecule has 0 saturated carbocycles. The van der Waals surface area contributed by atoms with E-state index in [0.717, 1.165) is 6.42 Å². The van der Waals surface area contributed by atoms with Crippen LogP contribution in [0.5, 0.6) is 0 Å². The standard InChI is InChI=1S/C8H16O3Si/c1-5-7(9)11-8(6-2)12(4)10-3/h5,8,12H,1,6H2,2-4H3. The van der Waals surface area contributed by atoms with Crippen LogP contribution >= 0.6 is 0 Å². The maximum atomic E-state index is 10.8. The molecule has 0 aromatic carbocycles. The van der Waals surface area contributed by atoms with Gasteiger partial charge < -0.3 is 9.16 Å². The van der Waals surface area contributed by atoms with Crippen LogP contribution in [0.25, 0.3) is 0 Å². The van der Waals surface area contributed by atoms with Crippen LogP contribution in [0.3, 0.4) is 0 Å². The smallest absolute Gasteiger partial charge is 0.330 e. The van der Waals surface area contributed by atoms with Gasteiger partial charge >= 0.3 is 5.97 Å². The van der Waals surface area contributed by atoms with Gasteiger partial charge in [-0.25, -0.2) is 4.79 Å². The number of esters is 1. The second kappa shape index (κ2) is 5.96. The van der Waals surface area contributed by atoms with Crippen molar-refractivity contribution in [2.24, 2.45) is 0 Å². The van der Waals surface area contributed by atoms with Gasteiger partial charge in [0.1, 0.15) is 5.73 Å². The monoisotopic (exact) mass is 188 g/mol. The molecule has 4 heteroatoms. The molecule has 12 heavy (non-hydrogen) atoms. The molecule has 3 nitrogen and oxygen atoms in total. The number of ether oxygens (including phenoxy) is 1. The molecular weight excluding hydrogens is 172 g/mol. The molecule has 2 unspecified atom stereocenters. The summed E-state index contributed by atoms with van der Waals surface area (Å²) in [5, 5.41) is 0. The van der Waals surface area contributed by atoms with Crippen molar-refractivity contribution in [1.82, 2.24) is 0 Å². The zero-order valence-corrected chi connectivity index (χ0v) is 9.03. The first-order valence-electron chi connectivity index (χ1n) is 4.01. The summed E-state index contributed by atoms with van der Waals surface area (Å²) in [5.41, 5.74) is -0.0412. The van der Waals surface area contributed by atoms with E-state index >= 15 is 0 Å². The molecule has 0 aromatic heterocycles. The summed E-state index contributed by atoms with van der Waals surface area (Å²) in [6.07, 6.45) is 1.99. The van der Waals surface area contributed by atoms with Gasteiger partial charge in [0.15, 0.2) is 0 Å². The Labute approximate surface area is 75.1 Å². The van der Waals surface area contributed by atoms with E-state index in [1.54, 1.807) is 7.11 Å². The summed E-state index contributed by atoms with van der Waals surface area (Å²) in [4.78, 5) is 10.8. The Bertz CT molecular complexity index is 158. The van der Waals surface area contributed by atoms with E-state index in [2.05, 4.69) is 6.58 Å². The van der Waals surface area contributed by atoms with Gasteiger partial charge in [0.05, 0.1) is 0 Å². The van der Waals surface area contributed by atoms with Crippen molar-refractivity contribution >= 4 is 15.0 Å². The Morgan fingerprint density at radius 2 is 2.33 bits per heavy atom. The molecule has 0 fully saturated rings. The third kappa shape index (κ3) is 3.68. The van der Waals surface area contributed by atoms with Crippen LogP contribution in [0.1, 0.15) is 13.3 Å². The van der Waals surface area contributed by atoms with Gasteiger partial charge in [0.2, 0.25) is 9.04 Å². The van der Waals surface area contributed by atoms with E-state index in [0.29, 0.717) is 0 Å². The number of carbonyl (C=O) groups excluding carboxylic acids is 1. The molecule has 0 saturated heterocycles. The van der Waals surface area contributed by atoms with Gasteiger partial charge in [-0.05, 0) is 13.0 Å². The minimum Gasteiger partial charge on any atom is -0.460 e. The van der Waals surface area contributed by atoms with Crippen molar-refractivity contribution in [3.8, 4) is 0 Å². The molecule has 0 N–H and O–H groups in total. The zero-order valence-electron chi connectivity index (χ0n) is 7.87. The quantitative estimate of drug-likeness (QED) is 0.367. The fourth-order valence-electron chi connectivity index (χ4n) is 0.860. The van der Waals surface area contributed by atoms with E-state index in [4.69, 9.17) is 9.16 Å². The fraction of sp³-hybridized carbons (Fsp3) is 0.625. The van der Waals surface area contributed by atoms with Crippen LogP contribution in [-0.2, 0) is 14.0 Å². The van der Waals surface area contributed by atoms with Gasteiger partial charge in [-0.2, -0.15) is 0 Å². The van der Waals surface area contributed by atoms with Crippen LogP contribution in [0.4, 0.5) is 0 Å². The second-order valence-electron chi connectivity index (χ2n) is 2.53. The molecule has 0 rings (SSSR count). The molecular formula is C8H16O3Si. The van der Waals surface area contributed by atoms with Crippen molar-refractivity contribution in [1.29, 1.82) is 0 Å². The average Bonchev–Trinajstić information content (AvgIpc) is 2.12. The van der Waals surface area contributed by atoms with Gasteiger partial charge in [-0.1, -0.05) is 13.5 Å². The largest absolute Gasteiger partial charge is 0.460 e. The molecule has 0 aliphatic rings. The first-order chi connectivity index (χ1) is 5.65. The Morgan fingerprint density at radius 3 is 2.67 bits per heavy atom. The summed E-state index contributed by atoms with van der Waals surface area (Å²) < 4.78 is 10.3. The molecule has 0 aromatic rings. The van der Waals surface area contributed by atoms with Gasteiger partial charge in [0, 0.05) is 13.2 Å². The Hall–Kier alpha value is -0.613. The van der Waals surface area contributed by atoms with Crippen molar-refractivity contribution in [3.63, 3.8) is 0 Å². The summed E-state index contributed by atoms with van der Waals surface area (Å²) in [6, 6.07) is 0. The maximum absolute atomic E-state index is 10.8. The lowest BCUT2D eigenvalue weighted by Crippen LogP contribution is -2.33. The van der Waals surface area contributed by atoms with Crippen molar-refractivity contribution in [3.05, 3.63) is 12.7 Å². The van der Waals surface area contributed by atoms with Crippen LogP contribution < -0.4 is 0 Å². The molecule has 0 aliphatic heterocycles. The summed E-state index contributed by atoms with van der Waals surface area (Å²) in [6.45, 7) is 7.31. The summed E-state index contributed by atoms with van der Waals surface area (Å²) >= 11 is 0. The highest BCUT2D eigenvalue weighted by Crippen LogP contribution is 2.04. The summed E-state index contributed by atoms with van der Waals surface area (Å²) in [7, 11) is 0.297. The van der Waals surface area contributed by atoms with E-state index < -0.39 is 9.04 Å². The van der Waals surface area contributed by atoms with Crippen molar-refractivity contribution < 1.29 is 14.0 Å². The lowest BCUT2D eigenvalue weighted by atomic mass is 10.5. The van der Waals surface area contributed by atoms with Crippen LogP contribution in [-0.4, -0.2) is 27.8 Å². The minimum atomic E-state index is -1.36. The van der Waals surface area contributed by atoms with Gasteiger partial charge in [-0.15, -0.1) is 0 Å².